The highest BCUT2D eigenvalue weighted by atomic mass is 32.2. The van der Waals surface area contributed by atoms with Crippen molar-refractivity contribution >= 4 is 23.5 Å². The van der Waals surface area contributed by atoms with E-state index in [9.17, 15) is 0 Å². The molecule has 96 valence electrons. The highest BCUT2D eigenvalue weighted by Crippen LogP contribution is 2.15. The molecule has 0 unspecified atom stereocenters. The maximum absolute atomic E-state index is 3.50. The lowest BCUT2D eigenvalue weighted by molar-refractivity contribution is 0.638. The van der Waals surface area contributed by atoms with Crippen molar-refractivity contribution in [3.63, 3.8) is 0 Å². The molecule has 0 amide bonds. The van der Waals surface area contributed by atoms with Crippen LogP contribution in [0.5, 0.6) is 0 Å². The van der Waals surface area contributed by atoms with Gasteiger partial charge in [-0.3, -0.25) is 0 Å². The zero-order valence-corrected chi connectivity index (χ0v) is 12.3. The summed E-state index contributed by atoms with van der Waals surface area (Å²) in [6.45, 7) is 2.28. The van der Waals surface area contributed by atoms with Gasteiger partial charge in [-0.2, -0.15) is 11.8 Å². The van der Waals surface area contributed by atoms with Crippen LogP contribution in [0.1, 0.15) is 19.3 Å². The Bertz CT molecular complexity index is 264. The topological polar surface area (TPSA) is 12.0 Å². The van der Waals surface area contributed by atoms with Crippen molar-refractivity contribution < 1.29 is 0 Å². The van der Waals surface area contributed by atoms with Gasteiger partial charge in [0.25, 0.3) is 0 Å². The molecular formula is C14H23NS2. The smallest absolute Gasteiger partial charge is 0.0106 e. The van der Waals surface area contributed by atoms with Gasteiger partial charge in [-0.05, 0) is 43.5 Å². The minimum Gasteiger partial charge on any atom is -0.316 e. The Morgan fingerprint density at radius 1 is 0.941 bits per heavy atom. The Hall–Kier alpha value is -0.120. The fourth-order valence-electron chi connectivity index (χ4n) is 1.56. The first kappa shape index (κ1) is 14.9. The summed E-state index contributed by atoms with van der Waals surface area (Å²) in [4.78, 5) is 1.37. The van der Waals surface area contributed by atoms with Gasteiger partial charge in [-0.15, -0.1) is 11.8 Å². The summed E-state index contributed by atoms with van der Waals surface area (Å²) >= 11 is 3.87. The monoisotopic (exact) mass is 269 g/mol. The molecule has 0 heterocycles. The quantitative estimate of drug-likeness (QED) is 0.511. The van der Waals surface area contributed by atoms with Crippen LogP contribution in [0.25, 0.3) is 0 Å². The number of nitrogens with one attached hydrogen (secondary N) is 1. The van der Waals surface area contributed by atoms with Crippen molar-refractivity contribution in [2.75, 3.05) is 30.9 Å². The predicted octanol–water partition coefficient (Wildman–Crippen LogP) is 3.90. The summed E-state index contributed by atoms with van der Waals surface area (Å²) in [6.07, 6.45) is 6.22. The lowest BCUT2D eigenvalue weighted by Gasteiger charge is -2.04. The van der Waals surface area contributed by atoms with Crippen LogP contribution < -0.4 is 5.32 Å². The van der Waals surface area contributed by atoms with E-state index >= 15 is 0 Å². The lowest BCUT2D eigenvalue weighted by atomic mass is 10.2. The van der Waals surface area contributed by atoms with Gasteiger partial charge in [-0.25, -0.2) is 0 Å². The average molecular weight is 269 g/mol. The lowest BCUT2D eigenvalue weighted by Crippen LogP contribution is -2.18. The van der Waals surface area contributed by atoms with Crippen molar-refractivity contribution in [2.24, 2.45) is 0 Å². The molecule has 3 heteroatoms. The standard InChI is InChI=1S/C14H23NS2/c1-16-12-7-3-6-10-15-11-13-17-14-8-4-2-5-9-14/h2,4-5,8-9,15H,3,6-7,10-13H2,1H3. The number of hydrogen-bond donors (Lipinski definition) is 1. The maximum atomic E-state index is 3.50. The van der Waals surface area contributed by atoms with E-state index in [4.69, 9.17) is 0 Å². The molecule has 0 fully saturated rings. The fourth-order valence-corrected chi connectivity index (χ4v) is 2.88. The second-order valence-electron chi connectivity index (χ2n) is 3.96. The zero-order valence-electron chi connectivity index (χ0n) is 10.7. The molecule has 1 N–H and O–H groups in total. The Kier molecular flexibility index (Phi) is 9.66. The third-order valence-corrected chi connectivity index (χ3v) is 4.20. The molecule has 0 aliphatic heterocycles. The Balaban J connectivity index is 1.85. The van der Waals surface area contributed by atoms with Crippen LogP contribution in [-0.4, -0.2) is 30.9 Å². The molecule has 17 heavy (non-hydrogen) atoms. The van der Waals surface area contributed by atoms with Gasteiger partial charge in [0, 0.05) is 17.2 Å². The van der Waals surface area contributed by atoms with E-state index in [1.807, 2.05) is 23.5 Å². The van der Waals surface area contributed by atoms with Gasteiger partial charge >= 0.3 is 0 Å². The third kappa shape index (κ3) is 8.58. The highest BCUT2D eigenvalue weighted by Gasteiger charge is 1.93. The Labute approximate surface area is 114 Å². The average Bonchev–Trinajstić information content (AvgIpc) is 2.38. The van der Waals surface area contributed by atoms with E-state index in [0.717, 1.165) is 12.3 Å². The first-order valence-corrected chi connectivity index (χ1v) is 8.69. The summed E-state index contributed by atoms with van der Waals surface area (Å²) in [6, 6.07) is 10.6. The SMILES string of the molecule is CSCCCCCNCCSc1ccccc1. The normalized spacial score (nSPS) is 10.6. The molecule has 1 aromatic rings. The first-order chi connectivity index (χ1) is 8.43. The molecule has 1 rings (SSSR count). The second kappa shape index (κ2) is 11.0. The number of thioether (sulfide) groups is 2. The van der Waals surface area contributed by atoms with E-state index in [1.54, 1.807) is 0 Å². The number of benzene rings is 1. The molecule has 0 saturated carbocycles. The molecule has 0 atom stereocenters. The Morgan fingerprint density at radius 2 is 1.76 bits per heavy atom. The molecule has 0 aliphatic rings. The minimum absolute atomic E-state index is 1.11. The molecule has 1 nitrogen and oxygen atoms in total. The van der Waals surface area contributed by atoms with Gasteiger partial charge in [0.1, 0.15) is 0 Å². The summed E-state index contributed by atoms with van der Waals surface area (Å²) in [5.41, 5.74) is 0. The fraction of sp³-hybridized carbons (Fsp3) is 0.571. The van der Waals surface area contributed by atoms with Crippen molar-refractivity contribution in [3.05, 3.63) is 30.3 Å². The van der Waals surface area contributed by atoms with Crippen LogP contribution in [0.2, 0.25) is 0 Å². The van der Waals surface area contributed by atoms with E-state index in [1.165, 1.54) is 36.5 Å². The van der Waals surface area contributed by atoms with Crippen LogP contribution in [0.15, 0.2) is 35.2 Å². The third-order valence-electron chi connectivity index (χ3n) is 2.49. The van der Waals surface area contributed by atoms with Gasteiger partial charge in [0.2, 0.25) is 0 Å². The largest absolute Gasteiger partial charge is 0.316 e. The van der Waals surface area contributed by atoms with Gasteiger partial charge < -0.3 is 5.32 Å². The second-order valence-corrected chi connectivity index (χ2v) is 6.12. The van der Waals surface area contributed by atoms with E-state index in [-0.39, 0.29) is 0 Å². The molecule has 0 bridgehead atoms. The zero-order chi connectivity index (χ0) is 12.2. The van der Waals surface area contributed by atoms with Crippen molar-refractivity contribution in [1.29, 1.82) is 0 Å². The summed E-state index contributed by atoms with van der Waals surface area (Å²) in [5, 5.41) is 3.50. The Morgan fingerprint density at radius 3 is 2.53 bits per heavy atom. The molecule has 1 aromatic carbocycles. The van der Waals surface area contributed by atoms with E-state index in [0.29, 0.717) is 0 Å². The van der Waals surface area contributed by atoms with Crippen LogP contribution in [0.3, 0.4) is 0 Å². The van der Waals surface area contributed by atoms with Gasteiger partial charge in [0.05, 0.1) is 0 Å². The van der Waals surface area contributed by atoms with Crippen LogP contribution >= 0.6 is 23.5 Å². The molecule has 0 aromatic heterocycles. The molecule has 0 aliphatic carbocycles. The van der Waals surface area contributed by atoms with E-state index < -0.39 is 0 Å². The molecule has 0 spiro atoms. The summed E-state index contributed by atoms with van der Waals surface area (Å²) < 4.78 is 0. The van der Waals surface area contributed by atoms with Gasteiger partial charge in [-0.1, -0.05) is 24.6 Å². The van der Waals surface area contributed by atoms with Crippen molar-refractivity contribution in [2.45, 2.75) is 24.2 Å². The maximum Gasteiger partial charge on any atom is 0.0106 e. The molecule has 0 radical (unpaired) electrons. The summed E-state index contributed by atoms with van der Waals surface area (Å²) in [7, 11) is 0. The van der Waals surface area contributed by atoms with Crippen LogP contribution in [0.4, 0.5) is 0 Å². The minimum atomic E-state index is 1.11. The number of rotatable bonds is 10. The molecular weight excluding hydrogens is 246 g/mol. The van der Waals surface area contributed by atoms with E-state index in [2.05, 4.69) is 41.9 Å². The molecule has 0 saturated heterocycles. The van der Waals surface area contributed by atoms with Gasteiger partial charge in [0.15, 0.2) is 0 Å². The number of unbranched alkanes of at least 4 members (excludes halogenated alkanes) is 2. The predicted molar refractivity (Wildman–Crippen MR) is 82.3 cm³/mol. The van der Waals surface area contributed by atoms with Crippen molar-refractivity contribution in [1.82, 2.24) is 5.32 Å². The highest BCUT2D eigenvalue weighted by molar-refractivity contribution is 7.99. The van der Waals surface area contributed by atoms with Crippen molar-refractivity contribution in [3.8, 4) is 0 Å². The first-order valence-electron chi connectivity index (χ1n) is 6.31. The van der Waals surface area contributed by atoms with Crippen LogP contribution in [0, 0.1) is 0 Å². The van der Waals surface area contributed by atoms with Crippen LogP contribution in [-0.2, 0) is 0 Å². The number of hydrogen-bond acceptors (Lipinski definition) is 3. The summed E-state index contributed by atoms with van der Waals surface area (Å²) in [5.74, 6) is 2.47.